The largest absolute Gasteiger partial charge is 0.417 e. The Morgan fingerprint density at radius 2 is 1.48 bits per heavy atom. The molecule has 2 rings (SSSR count). The third kappa shape index (κ3) is 3.88. The summed E-state index contributed by atoms with van der Waals surface area (Å²) in [6.45, 7) is 0. The molecule has 0 spiro atoms. The highest BCUT2D eigenvalue weighted by atomic mass is 19.4. The minimum atomic E-state index is -4.39. The Balaban J connectivity index is 2.42. The second-order valence-corrected chi connectivity index (χ2v) is 4.91. The van der Waals surface area contributed by atoms with E-state index in [0.717, 1.165) is 5.69 Å². The number of benzene rings is 2. The van der Waals surface area contributed by atoms with Crippen molar-refractivity contribution in [1.82, 2.24) is 0 Å². The standard InChI is InChI=1S/C17H16F3N/c1-21(2)15-10-8-13(9-11-15)12-16(17(18,19)20)14-6-4-3-5-7-14/h3-12H,1-2H3/b16-12+. The van der Waals surface area contributed by atoms with Gasteiger partial charge in [0.25, 0.3) is 0 Å². The Bertz CT molecular complexity index is 611. The van der Waals surface area contributed by atoms with E-state index < -0.39 is 11.7 Å². The van der Waals surface area contributed by atoms with Crippen LogP contribution < -0.4 is 4.90 Å². The van der Waals surface area contributed by atoms with Crippen molar-refractivity contribution in [2.45, 2.75) is 6.18 Å². The smallest absolute Gasteiger partial charge is 0.378 e. The molecule has 0 unspecified atom stereocenters. The van der Waals surface area contributed by atoms with Crippen LogP contribution in [0.4, 0.5) is 18.9 Å². The molecular weight excluding hydrogens is 275 g/mol. The SMILES string of the molecule is CN(C)c1ccc(/C=C(\c2ccccc2)C(F)(F)F)cc1. The lowest BCUT2D eigenvalue weighted by Crippen LogP contribution is -2.10. The van der Waals surface area contributed by atoms with Crippen molar-refractivity contribution in [3.8, 4) is 0 Å². The highest BCUT2D eigenvalue weighted by Gasteiger charge is 2.34. The van der Waals surface area contributed by atoms with Crippen molar-refractivity contribution in [2.24, 2.45) is 0 Å². The summed E-state index contributed by atoms with van der Waals surface area (Å²) >= 11 is 0. The second kappa shape index (κ2) is 6.04. The highest BCUT2D eigenvalue weighted by Crippen LogP contribution is 2.35. The summed E-state index contributed by atoms with van der Waals surface area (Å²) in [5.41, 5.74) is 1.000. The molecule has 0 bridgehead atoms. The first-order valence-corrected chi connectivity index (χ1v) is 6.49. The van der Waals surface area contributed by atoms with Crippen LogP contribution in [-0.4, -0.2) is 20.3 Å². The molecule has 0 saturated carbocycles. The lowest BCUT2D eigenvalue weighted by molar-refractivity contribution is -0.0683. The Morgan fingerprint density at radius 1 is 0.905 bits per heavy atom. The fraction of sp³-hybridized carbons (Fsp3) is 0.176. The van der Waals surface area contributed by atoms with Gasteiger partial charge in [0.15, 0.2) is 0 Å². The molecule has 2 aromatic rings. The van der Waals surface area contributed by atoms with Crippen LogP contribution >= 0.6 is 0 Å². The summed E-state index contributed by atoms with van der Waals surface area (Å²) in [6.07, 6.45) is -3.21. The van der Waals surface area contributed by atoms with Gasteiger partial charge < -0.3 is 4.90 Å². The van der Waals surface area contributed by atoms with Crippen LogP contribution in [0.2, 0.25) is 0 Å². The number of hydrogen-bond donors (Lipinski definition) is 0. The maximum absolute atomic E-state index is 13.2. The fourth-order valence-electron chi connectivity index (χ4n) is 1.98. The minimum absolute atomic E-state index is 0.168. The van der Waals surface area contributed by atoms with Crippen LogP contribution in [-0.2, 0) is 0 Å². The normalized spacial score (nSPS) is 12.3. The lowest BCUT2D eigenvalue weighted by atomic mass is 10.0. The van der Waals surface area contributed by atoms with E-state index in [1.165, 1.54) is 18.2 Å². The quantitative estimate of drug-likeness (QED) is 0.730. The second-order valence-electron chi connectivity index (χ2n) is 4.91. The molecular formula is C17H16F3N. The van der Waals surface area contributed by atoms with Gasteiger partial charge >= 0.3 is 6.18 Å². The molecule has 0 amide bonds. The van der Waals surface area contributed by atoms with E-state index in [-0.39, 0.29) is 5.56 Å². The van der Waals surface area contributed by atoms with E-state index in [9.17, 15) is 13.2 Å². The molecule has 0 fully saturated rings. The molecule has 21 heavy (non-hydrogen) atoms. The average Bonchev–Trinajstić information content (AvgIpc) is 2.45. The van der Waals surface area contributed by atoms with Crippen LogP contribution in [0, 0.1) is 0 Å². The maximum atomic E-state index is 13.2. The van der Waals surface area contributed by atoms with Gasteiger partial charge in [0, 0.05) is 19.8 Å². The van der Waals surface area contributed by atoms with Gasteiger partial charge in [-0.2, -0.15) is 13.2 Å². The summed E-state index contributed by atoms with van der Waals surface area (Å²) in [5.74, 6) is 0. The van der Waals surface area contributed by atoms with Crippen molar-refractivity contribution in [2.75, 3.05) is 19.0 Å². The van der Waals surface area contributed by atoms with Gasteiger partial charge in [0.2, 0.25) is 0 Å². The monoisotopic (exact) mass is 291 g/mol. The van der Waals surface area contributed by atoms with E-state index >= 15 is 0 Å². The third-order valence-electron chi connectivity index (χ3n) is 3.11. The van der Waals surface area contributed by atoms with Crippen LogP contribution in [0.3, 0.4) is 0 Å². The van der Waals surface area contributed by atoms with Crippen molar-refractivity contribution in [3.63, 3.8) is 0 Å². The predicted molar refractivity (Wildman–Crippen MR) is 81.1 cm³/mol. The Labute approximate surface area is 122 Å². The molecule has 1 nitrogen and oxygen atoms in total. The fourth-order valence-corrected chi connectivity index (χ4v) is 1.98. The lowest BCUT2D eigenvalue weighted by Gasteiger charge is -2.14. The first kappa shape index (κ1) is 15.2. The summed E-state index contributed by atoms with van der Waals surface area (Å²) in [5, 5.41) is 0. The molecule has 0 atom stereocenters. The van der Waals surface area contributed by atoms with Gasteiger partial charge in [-0.3, -0.25) is 0 Å². The van der Waals surface area contributed by atoms with E-state index in [1.54, 1.807) is 42.5 Å². The summed E-state index contributed by atoms with van der Waals surface area (Å²) in [4.78, 5) is 1.90. The van der Waals surface area contributed by atoms with Crippen LogP contribution in [0.1, 0.15) is 11.1 Å². The average molecular weight is 291 g/mol. The predicted octanol–water partition coefficient (Wildman–Crippen LogP) is 4.86. The molecule has 0 N–H and O–H groups in total. The summed E-state index contributed by atoms with van der Waals surface area (Å²) in [6, 6.07) is 14.8. The van der Waals surface area contributed by atoms with Gasteiger partial charge in [-0.05, 0) is 29.3 Å². The van der Waals surface area contributed by atoms with E-state index in [0.29, 0.717) is 5.56 Å². The zero-order chi connectivity index (χ0) is 15.5. The zero-order valence-electron chi connectivity index (χ0n) is 11.9. The molecule has 0 aliphatic rings. The Morgan fingerprint density at radius 3 is 1.95 bits per heavy atom. The van der Waals surface area contributed by atoms with Gasteiger partial charge in [0.1, 0.15) is 0 Å². The Kier molecular flexibility index (Phi) is 4.36. The van der Waals surface area contributed by atoms with E-state index in [1.807, 2.05) is 19.0 Å². The Hall–Kier alpha value is -2.23. The molecule has 0 aliphatic heterocycles. The first-order valence-electron chi connectivity index (χ1n) is 6.49. The van der Waals surface area contributed by atoms with Gasteiger partial charge in [-0.15, -0.1) is 0 Å². The molecule has 0 aromatic heterocycles. The number of anilines is 1. The van der Waals surface area contributed by atoms with E-state index in [2.05, 4.69) is 0 Å². The van der Waals surface area contributed by atoms with Gasteiger partial charge in [-0.25, -0.2) is 0 Å². The van der Waals surface area contributed by atoms with Crippen molar-refractivity contribution >= 4 is 17.3 Å². The molecule has 4 heteroatoms. The molecule has 0 aliphatic carbocycles. The summed E-state index contributed by atoms with van der Waals surface area (Å²) < 4.78 is 39.7. The molecule has 110 valence electrons. The summed E-state index contributed by atoms with van der Waals surface area (Å²) in [7, 11) is 3.77. The number of rotatable bonds is 3. The number of alkyl halides is 3. The molecule has 0 saturated heterocycles. The molecule has 0 radical (unpaired) electrons. The van der Waals surface area contributed by atoms with Crippen LogP contribution in [0.5, 0.6) is 0 Å². The van der Waals surface area contributed by atoms with Crippen molar-refractivity contribution in [1.29, 1.82) is 0 Å². The van der Waals surface area contributed by atoms with Crippen molar-refractivity contribution < 1.29 is 13.2 Å². The zero-order valence-corrected chi connectivity index (χ0v) is 11.9. The van der Waals surface area contributed by atoms with Crippen LogP contribution in [0.15, 0.2) is 54.6 Å². The number of nitrogens with zero attached hydrogens (tertiary/aromatic N) is 1. The first-order chi connectivity index (χ1) is 9.88. The maximum Gasteiger partial charge on any atom is 0.417 e. The van der Waals surface area contributed by atoms with Gasteiger partial charge in [-0.1, -0.05) is 42.5 Å². The number of halogens is 3. The minimum Gasteiger partial charge on any atom is -0.378 e. The van der Waals surface area contributed by atoms with E-state index in [4.69, 9.17) is 0 Å². The molecule has 2 aromatic carbocycles. The number of hydrogen-bond acceptors (Lipinski definition) is 1. The number of allylic oxidation sites excluding steroid dienone is 1. The van der Waals surface area contributed by atoms with Gasteiger partial charge in [0.05, 0.1) is 5.57 Å². The molecule has 0 heterocycles. The highest BCUT2D eigenvalue weighted by molar-refractivity contribution is 5.84. The van der Waals surface area contributed by atoms with Crippen LogP contribution in [0.25, 0.3) is 11.6 Å². The topological polar surface area (TPSA) is 3.24 Å². The third-order valence-corrected chi connectivity index (χ3v) is 3.11. The van der Waals surface area contributed by atoms with Crippen molar-refractivity contribution in [3.05, 3.63) is 65.7 Å².